The second-order valence-corrected chi connectivity index (χ2v) is 11.8. The summed E-state index contributed by atoms with van der Waals surface area (Å²) in [5.74, 6) is -0.871. The number of ether oxygens (including phenoxy) is 4. The molecule has 11 nitrogen and oxygen atoms in total. The van der Waals surface area contributed by atoms with E-state index in [0.29, 0.717) is 53.3 Å². The Morgan fingerprint density at radius 1 is 0.939 bits per heavy atom. The number of halogens is 2. The highest BCUT2D eigenvalue weighted by Crippen LogP contribution is 2.47. The number of carbonyl (C=O) groups excluding carboxylic acids is 2. The molecule has 14 heteroatoms. The van der Waals surface area contributed by atoms with Crippen LogP contribution in [-0.2, 0) is 14.3 Å². The summed E-state index contributed by atoms with van der Waals surface area (Å²) in [5, 5.41) is 5.89. The van der Waals surface area contributed by atoms with Gasteiger partial charge in [-0.2, -0.15) is 0 Å². The van der Waals surface area contributed by atoms with Crippen molar-refractivity contribution < 1.29 is 41.9 Å². The van der Waals surface area contributed by atoms with Crippen molar-refractivity contribution in [1.29, 1.82) is 0 Å². The van der Waals surface area contributed by atoms with E-state index in [1.54, 1.807) is 37.8 Å². The molecular weight excluding hydrogens is 658 g/mol. The van der Waals surface area contributed by atoms with Gasteiger partial charge in [0, 0.05) is 61.0 Å². The smallest absolute Gasteiger partial charge is 0.240 e. The van der Waals surface area contributed by atoms with E-state index >= 15 is 4.39 Å². The van der Waals surface area contributed by atoms with Crippen LogP contribution in [0.25, 0.3) is 10.9 Å². The Morgan fingerprint density at radius 2 is 1.61 bits per heavy atom. The van der Waals surface area contributed by atoms with E-state index in [1.165, 1.54) is 36.4 Å². The maximum Gasteiger partial charge on any atom is 0.240 e. The van der Waals surface area contributed by atoms with Crippen molar-refractivity contribution in [2.75, 3.05) is 63.5 Å². The van der Waals surface area contributed by atoms with Crippen LogP contribution in [0, 0.1) is 17.0 Å². The molecule has 3 aromatic carbocycles. The first-order chi connectivity index (χ1) is 23.8. The third-order valence-electron chi connectivity index (χ3n) is 8.10. The zero-order valence-electron chi connectivity index (χ0n) is 27.2. The number of hydrogen-bond acceptors (Lipinski definition) is 10. The maximum absolute atomic E-state index is 15.2. The molecule has 3 N–H and O–H groups in total. The van der Waals surface area contributed by atoms with Gasteiger partial charge in [-0.05, 0) is 79.8 Å². The summed E-state index contributed by atoms with van der Waals surface area (Å²) in [6.07, 6.45) is 4.69. The lowest BCUT2D eigenvalue weighted by Gasteiger charge is -2.26. The van der Waals surface area contributed by atoms with Crippen LogP contribution < -0.4 is 24.8 Å². The minimum absolute atomic E-state index is 0.0666. The molecule has 4 aromatic rings. The van der Waals surface area contributed by atoms with Crippen LogP contribution in [-0.4, -0.2) is 79.1 Å². The highest BCUT2D eigenvalue weighted by molar-refractivity contribution is 7.93. The number of aromatic nitrogens is 1. The average molecular weight is 697 g/mol. The zero-order valence-corrected chi connectivity index (χ0v) is 28.0. The van der Waals surface area contributed by atoms with E-state index in [0.717, 1.165) is 57.4 Å². The predicted molar refractivity (Wildman–Crippen MR) is 184 cm³/mol. The van der Waals surface area contributed by atoms with Gasteiger partial charge in [-0.1, -0.05) is 0 Å². The van der Waals surface area contributed by atoms with E-state index in [4.69, 9.17) is 23.5 Å². The summed E-state index contributed by atoms with van der Waals surface area (Å²) in [6, 6.07) is 14.4. The first-order valence-electron chi connectivity index (χ1n) is 15.7. The lowest BCUT2D eigenvalue weighted by Crippen LogP contribution is -2.37. The van der Waals surface area contributed by atoms with Crippen molar-refractivity contribution in [3.05, 3.63) is 78.5 Å². The minimum Gasteiger partial charge on any atom is -0.493 e. The van der Waals surface area contributed by atoms with Gasteiger partial charge in [-0.25, -0.2) is 8.78 Å². The number of nitrogens with one attached hydrogen (secondary N) is 2. The van der Waals surface area contributed by atoms with Crippen LogP contribution in [0.5, 0.6) is 23.0 Å². The standard InChI is InChI=1S/C34H34F2N4O6.CH4OS/c1-43-30-20-25-27(21-31(30)45-16-2-13-40-14-17-44-18-15-40)37-12-9-28(25)46-29-8-7-24(19-26(29)36)39-33(42)34(10-11-34)32(41)38-23-5-3-22(35)4-6-23;1-3-2/h3-9,12,19-21H,2,10-11,13-18H2,1H3,(H,38,41)(H,39,42);2H,1H3. The topological polar surface area (TPSA) is 131 Å². The van der Waals surface area contributed by atoms with Crippen molar-refractivity contribution >= 4 is 46.1 Å². The molecule has 2 heterocycles. The minimum atomic E-state index is -1.28. The molecule has 0 unspecified atom stereocenters. The molecule has 1 aromatic heterocycles. The molecule has 0 atom stereocenters. The second kappa shape index (κ2) is 16.7. The van der Waals surface area contributed by atoms with Crippen molar-refractivity contribution in [2.45, 2.75) is 19.3 Å². The number of fused-ring (bicyclic) bond motifs is 1. The van der Waals surface area contributed by atoms with Gasteiger partial charge in [0.15, 0.2) is 23.1 Å². The number of pyridine rings is 1. The lowest BCUT2D eigenvalue weighted by molar-refractivity contribution is -0.131. The van der Waals surface area contributed by atoms with E-state index in [2.05, 4.69) is 20.5 Å². The Balaban J connectivity index is 0.00000151. The fourth-order valence-electron chi connectivity index (χ4n) is 5.28. The molecule has 0 radical (unpaired) electrons. The van der Waals surface area contributed by atoms with Crippen molar-refractivity contribution in [3.8, 4) is 23.0 Å². The summed E-state index contributed by atoms with van der Waals surface area (Å²) in [7, 11) is 1.55. The molecule has 260 valence electrons. The fourth-order valence-corrected chi connectivity index (χ4v) is 5.28. The summed E-state index contributed by atoms with van der Waals surface area (Å²) in [5.41, 5.74) is -0.144. The van der Waals surface area contributed by atoms with E-state index in [1.807, 2.05) is 0 Å². The zero-order chi connectivity index (χ0) is 34.8. The third-order valence-corrected chi connectivity index (χ3v) is 8.10. The summed E-state index contributed by atoms with van der Waals surface area (Å²) in [4.78, 5) is 32.7. The molecule has 1 aliphatic carbocycles. The molecule has 1 saturated carbocycles. The van der Waals surface area contributed by atoms with Gasteiger partial charge in [-0.3, -0.25) is 19.5 Å². The predicted octanol–water partition coefficient (Wildman–Crippen LogP) is 6.59. The molecule has 1 saturated heterocycles. The first kappa shape index (κ1) is 35.8. The molecular formula is C35H38F2N4O7S. The quantitative estimate of drug-likeness (QED) is 0.0847. The van der Waals surface area contributed by atoms with Crippen molar-refractivity contribution in [2.24, 2.45) is 5.41 Å². The van der Waals surface area contributed by atoms with Crippen LogP contribution in [0.4, 0.5) is 20.2 Å². The van der Waals surface area contributed by atoms with Crippen LogP contribution in [0.3, 0.4) is 0 Å². The van der Waals surface area contributed by atoms with Gasteiger partial charge < -0.3 is 34.1 Å². The number of carbonyl (C=O) groups is 2. The Labute approximate surface area is 287 Å². The highest BCUT2D eigenvalue weighted by Gasteiger charge is 2.56. The Kier molecular flexibility index (Phi) is 12.2. The van der Waals surface area contributed by atoms with Crippen molar-refractivity contribution in [3.63, 3.8) is 0 Å². The number of anilines is 2. The first-order valence-corrected chi connectivity index (χ1v) is 16.9. The molecule has 0 bridgehead atoms. The number of morpholine rings is 1. The highest BCUT2D eigenvalue weighted by atomic mass is 32.2. The maximum atomic E-state index is 15.2. The number of amides is 2. The molecule has 0 spiro atoms. The van der Waals surface area contributed by atoms with Gasteiger partial charge in [0.2, 0.25) is 11.8 Å². The monoisotopic (exact) mass is 696 g/mol. The Bertz CT molecular complexity index is 1750. The van der Waals surface area contributed by atoms with Crippen molar-refractivity contribution in [1.82, 2.24) is 9.88 Å². The Morgan fingerprint density at radius 3 is 2.27 bits per heavy atom. The largest absolute Gasteiger partial charge is 0.493 e. The SMILES string of the molecule is COc1cc2c(Oc3ccc(NC(=O)C4(C(=O)Nc5ccc(F)cc5)CC4)cc3F)ccnc2cc1OCCCN1CCOCC1.CSO. The normalized spacial score (nSPS) is 15.0. The van der Waals surface area contributed by atoms with Gasteiger partial charge in [0.25, 0.3) is 0 Å². The van der Waals surface area contributed by atoms with Crippen LogP contribution in [0.15, 0.2) is 66.9 Å². The van der Waals surface area contributed by atoms with Crippen LogP contribution in [0.2, 0.25) is 0 Å². The molecule has 2 fully saturated rings. The van der Waals surface area contributed by atoms with Gasteiger partial charge in [-0.15, -0.1) is 0 Å². The molecule has 2 amide bonds. The number of benzene rings is 3. The Hall–Kier alpha value is -4.50. The van der Waals surface area contributed by atoms with E-state index in [9.17, 15) is 14.0 Å². The van der Waals surface area contributed by atoms with Gasteiger partial charge in [0.1, 0.15) is 17.0 Å². The van der Waals surface area contributed by atoms with E-state index in [-0.39, 0.29) is 11.4 Å². The average Bonchev–Trinajstić information content (AvgIpc) is 3.92. The number of nitrogens with zero attached hydrogens (tertiary/aromatic N) is 2. The van der Waals surface area contributed by atoms with Gasteiger partial charge >= 0.3 is 0 Å². The van der Waals surface area contributed by atoms with Crippen LogP contribution in [0.1, 0.15) is 19.3 Å². The van der Waals surface area contributed by atoms with E-state index < -0.39 is 28.9 Å². The summed E-state index contributed by atoms with van der Waals surface area (Å²) < 4.78 is 58.9. The number of rotatable bonds is 12. The lowest BCUT2D eigenvalue weighted by atomic mass is 10.0. The second-order valence-electron chi connectivity index (χ2n) is 11.4. The third kappa shape index (κ3) is 9.15. The molecule has 1 aliphatic heterocycles. The number of hydrogen-bond donors (Lipinski definition) is 3. The summed E-state index contributed by atoms with van der Waals surface area (Å²) >= 11 is 0.750. The van der Waals surface area contributed by atoms with Gasteiger partial charge in [0.05, 0.1) is 32.4 Å². The number of methoxy groups -OCH3 is 1. The fraction of sp³-hybridized carbons (Fsp3) is 0.343. The molecule has 49 heavy (non-hydrogen) atoms. The summed E-state index contributed by atoms with van der Waals surface area (Å²) in [6.45, 7) is 4.76. The molecule has 2 aliphatic rings. The van der Waals surface area contributed by atoms with Crippen LogP contribution >= 0.6 is 12.0 Å². The molecule has 6 rings (SSSR count).